The second kappa shape index (κ2) is 10.3. The molecule has 0 unspecified atom stereocenters. The van der Waals surface area contributed by atoms with Crippen molar-refractivity contribution in [1.82, 2.24) is 5.32 Å². The summed E-state index contributed by atoms with van der Waals surface area (Å²) in [5.41, 5.74) is 2.17. The Bertz CT molecular complexity index is 715. The highest BCUT2D eigenvalue weighted by molar-refractivity contribution is 5.75. The first-order valence-electron chi connectivity index (χ1n) is 8.79. The summed E-state index contributed by atoms with van der Waals surface area (Å²) in [5, 5.41) is 2.94. The SMILES string of the molecule is COc1ccc(OC)c(CCNC(=O)CCCOc2cccc(C)c2)c1. The normalized spacial score (nSPS) is 10.3. The summed E-state index contributed by atoms with van der Waals surface area (Å²) in [7, 11) is 3.27. The number of hydrogen-bond acceptors (Lipinski definition) is 4. The number of rotatable bonds is 10. The fourth-order valence-electron chi connectivity index (χ4n) is 2.63. The van der Waals surface area contributed by atoms with Crippen LogP contribution in [0.3, 0.4) is 0 Å². The van der Waals surface area contributed by atoms with E-state index in [1.807, 2.05) is 49.4 Å². The van der Waals surface area contributed by atoms with E-state index in [4.69, 9.17) is 14.2 Å². The van der Waals surface area contributed by atoms with E-state index in [2.05, 4.69) is 5.32 Å². The number of nitrogens with one attached hydrogen (secondary N) is 1. The van der Waals surface area contributed by atoms with Crippen LogP contribution in [0.4, 0.5) is 0 Å². The number of aryl methyl sites for hydroxylation is 1. The number of ether oxygens (including phenoxy) is 3. The predicted molar refractivity (Wildman–Crippen MR) is 102 cm³/mol. The van der Waals surface area contributed by atoms with Gasteiger partial charge in [-0.3, -0.25) is 4.79 Å². The molecule has 0 saturated heterocycles. The lowest BCUT2D eigenvalue weighted by Crippen LogP contribution is -2.25. The van der Waals surface area contributed by atoms with E-state index in [1.165, 1.54) is 0 Å². The largest absolute Gasteiger partial charge is 0.497 e. The average molecular weight is 357 g/mol. The standard InChI is InChI=1S/C21H27NO4/c1-16-6-4-7-19(14-16)26-13-5-8-21(23)22-12-11-17-15-18(24-2)9-10-20(17)25-3/h4,6-7,9-10,14-15H,5,8,11-13H2,1-3H3,(H,22,23). The highest BCUT2D eigenvalue weighted by atomic mass is 16.5. The summed E-state index contributed by atoms with van der Waals surface area (Å²) in [6.07, 6.45) is 1.81. The molecule has 0 atom stereocenters. The second-order valence-electron chi connectivity index (χ2n) is 6.05. The van der Waals surface area contributed by atoms with Crippen molar-refractivity contribution in [1.29, 1.82) is 0 Å². The molecule has 0 spiro atoms. The molecule has 2 aromatic carbocycles. The smallest absolute Gasteiger partial charge is 0.220 e. The molecule has 26 heavy (non-hydrogen) atoms. The third-order valence-corrected chi connectivity index (χ3v) is 4.01. The molecular weight excluding hydrogens is 330 g/mol. The summed E-state index contributed by atoms with van der Waals surface area (Å²) in [4.78, 5) is 12.0. The molecule has 0 fully saturated rings. The van der Waals surface area contributed by atoms with Crippen molar-refractivity contribution in [2.45, 2.75) is 26.2 Å². The van der Waals surface area contributed by atoms with Gasteiger partial charge in [0.25, 0.3) is 0 Å². The minimum Gasteiger partial charge on any atom is -0.497 e. The zero-order valence-electron chi connectivity index (χ0n) is 15.7. The van der Waals surface area contributed by atoms with Crippen LogP contribution in [0.2, 0.25) is 0 Å². The fraction of sp³-hybridized carbons (Fsp3) is 0.381. The number of carbonyl (C=O) groups excluding carboxylic acids is 1. The zero-order valence-corrected chi connectivity index (χ0v) is 15.7. The topological polar surface area (TPSA) is 56.8 Å². The first kappa shape index (κ1) is 19.6. The molecule has 0 aliphatic heterocycles. The molecule has 0 bridgehead atoms. The lowest BCUT2D eigenvalue weighted by molar-refractivity contribution is -0.121. The summed E-state index contributed by atoms with van der Waals surface area (Å²) in [6, 6.07) is 13.6. The van der Waals surface area contributed by atoms with E-state index in [9.17, 15) is 4.79 Å². The summed E-state index contributed by atoms with van der Waals surface area (Å²) in [6.45, 7) is 3.11. The van der Waals surface area contributed by atoms with Crippen LogP contribution in [0, 0.1) is 6.92 Å². The Morgan fingerprint density at radius 3 is 2.62 bits per heavy atom. The van der Waals surface area contributed by atoms with Gasteiger partial charge in [-0.05, 0) is 61.2 Å². The Labute approximate surface area is 155 Å². The number of benzene rings is 2. The Morgan fingerprint density at radius 2 is 1.88 bits per heavy atom. The highest BCUT2D eigenvalue weighted by Crippen LogP contribution is 2.24. The van der Waals surface area contributed by atoms with Crippen LogP contribution >= 0.6 is 0 Å². The highest BCUT2D eigenvalue weighted by Gasteiger charge is 2.07. The molecule has 0 aliphatic rings. The fourth-order valence-corrected chi connectivity index (χ4v) is 2.63. The van der Waals surface area contributed by atoms with E-state index in [0.29, 0.717) is 32.4 Å². The summed E-state index contributed by atoms with van der Waals surface area (Å²) >= 11 is 0. The van der Waals surface area contributed by atoms with E-state index >= 15 is 0 Å². The van der Waals surface area contributed by atoms with E-state index < -0.39 is 0 Å². The molecular formula is C21H27NO4. The Morgan fingerprint density at radius 1 is 1.04 bits per heavy atom. The maximum absolute atomic E-state index is 12.0. The Kier molecular flexibility index (Phi) is 7.80. The number of amides is 1. The quantitative estimate of drug-likeness (QED) is 0.661. The Hall–Kier alpha value is -2.69. The first-order valence-corrected chi connectivity index (χ1v) is 8.79. The van der Waals surface area contributed by atoms with Crippen LogP contribution < -0.4 is 19.5 Å². The van der Waals surface area contributed by atoms with Gasteiger partial charge in [-0.15, -0.1) is 0 Å². The molecule has 1 amide bonds. The van der Waals surface area contributed by atoms with Crippen LogP contribution in [0.5, 0.6) is 17.2 Å². The molecule has 140 valence electrons. The van der Waals surface area contributed by atoms with Gasteiger partial charge in [-0.2, -0.15) is 0 Å². The van der Waals surface area contributed by atoms with Crippen molar-refractivity contribution in [3.05, 3.63) is 53.6 Å². The maximum atomic E-state index is 12.0. The average Bonchev–Trinajstić information content (AvgIpc) is 2.65. The number of carbonyl (C=O) groups is 1. The molecule has 1 N–H and O–H groups in total. The summed E-state index contributed by atoms with van der Waals surface area (Å²) in [5.74, 6) is 2.45. The van der Waals surface area contributed by atoms with Crippen molar-refractivity contribution < 1.29 is 19.0 Å². The molecule has 0 aromatic heterocycles. The number of hydrogen-bond donors (Lipinski definition) is 1. The van der Waals surface area contributed by atoms with Gasteiger partial charge in [-0.25, -0.2) is 0 Å². The van der Waals surface area contributed by atoms with Crippen LogP contribution in [-0.2, 0) is 11.2 Å². The molecule has 0 radical (unpaired) electrons. The minimum atomic E-state index is 0.0275. The molecule has 0 aliphatic carbocycles. The maximum Gasteiger partial charge on any atom is 0.220 e. The van der Waals surface area contributed by atoms with Crippen molar-refractivity contribution in [3.8, 4) is 17.2 Å². The van der Waals surface area contributed by atoms with Crippen LogP contribution in [0.25, 0.3) is 0 Å². The van der Waals surface area contributed by atoms with Crippen LogP contribution in [0.1, 0.15) is 24.0 Å². The Balaban J connectivity index is 1.67. The molecule has 5 nitrogen and oxygen atoms in total. The van der Waals surface area contributed by atoms with Crippen LogP contribution in [-0.4, -0.2) is 33.3 Å². The minimum absolute atomic E-state index is 0.0275. The van der Waals surface area contributed by atoms with Gasteiger partial charge in [0.15, 0.2) is 0 Å². The zero-order chi connectivity index (χ0) is 18.8. The number of methoxy groups -OCH3 is 2. The van der Waals surface area contributed by atoms with Gasteiger partial charge in [0, 0.05) is 13.0 Å². The molecule has 0 saturated carbocycles. The van der Waals surface area contributed by atoms with Gasteiger partial charge >= 0.3 is 0 Å². The van der Waals surface area contributed by atoms with Gasteiger partial charge in [0.2, 0.25) is 5.91 Å². The predicted octanol–water partition coefficient (Wildman–Crippen LogP) is 3.53. The van der Waals surface area contributed by atoms with Crippen molar-refractivity contribution in [2.24, 2.45) is 0 Å². The third kappa shape index (κ3) is 6.31. The second-order valence-corrected chi connectivity index (χ2v) is 6.05. The van der Waals surface area contributed by atoms with Crippen molar-refractivity contribution in [2.75, 3.05) is 27.4 Å². The molecule has 2 aromatic rings. The van der Waals surface area contributed by atoms with Gasteiger partial charge < -0.3 is 19.5 Å². The lowest BCUT2D eigenvalue weighted by atomic mass is 10.1. The summed E-state index contributed by atoms with van der Waals surface area (Å²) < 4.78 is 16.2. The van der Waals surface area contributed by atoms with Crippen molar-refractivity contribution in [3.63, 3.8) is 0 Å². The van der Waals surface area contributed by atoms with E-state index in [-0.39, 0.29) is 5.91 Å². The monoisotopic (exact) mass is 357 g/mol. The third-order valence-electron chi connectivity index (χ3n) is 4.01. The van der Waals surface area contributed by atoms with E-state index in [0.717, 1.165) is 28.4 Å². The molecule has 0 heterocycles. The van der Waals surface area contributed by atoms with E-state index in [1.54, 1.807) is 14.2 Å². The molecule has 2 rings (SSSR count). The van der Waals surface area contributed by atoms with Crippen LogP contribution in [0.15, 0.2) is 42.5 Å². The van der Waals surface area contributed by atoms with Gasteiger partial charge in [0.1, 0.15) is 17.2 Å². The van der Waals surface area contributed by atoms with Crippen molar-refractivity contribution >= 4 is 5.91 Å². The lowest BCUT2D eigenvalue weighted by Gasteiger charge is -2.11. The van der Waals surface area contributed by atoms with Gasteiger partial charge in [0.05, 0.1) is 20.8 Å². The van der Waals surface area contributed by atoms with Gasteiger partial charge in [-0.1, -0.05) is 12.1 Å². The molecule has 5 heteroatoms. The first-order chi connectivity index (χ1) is 12.6.